The first-order valence-electron chi connectivity index (χ1n) is 17.4. The fourth-order valence-electron chi connectivity index (χ4n) is 8.16. The van der Waals surface area contributed by atoms with Gasteiger partial charge < -0.3 is 20.3 Å². The lowest BCUT2D eigenvalue weighted by Gasteiger charge is -2.41. The van der Waals surface area contributed by atoms with Gasteiger partial charge in [-0.1, -0.05) is 19.1 Å². The van der Waals surface area contributed by atoms with Gasteiger partial charge >= 0.3 is 0 Å². The molecule has 240 valence electrons. The Morgan fingerprint density at radius 1 is 1.21 bits per heavy atom. The Bertz CT molecular complexity index is 1070. The van der Waals surface area contributed by atoms with E-state index >= 15 is 0 Å². The summed E-state index contributed by atoms with van der Waals surface area (Å²) in [4.78, 5) is 26.5. The van der Waals surface area contributed by atoms with Crippen molar-refractivity contribution in [2.75, 3.05) is 26.2 Å². The van der Waals surface area contributed by atoms with Crippen LogP contribution in [0.25, 0.3) is 0 Å². The van der Waals surface area contributed by atoms with Crippen LogP contribution in [-0.2, 0) is 14.3 Å². The first-order chi connectivity index (χ1) is 20.7. The minimum absolute atomic E-state index is 0.101. The van der Waals surface area contributed by atoms with Gasteiger partial charge in [-0.3, -0.25) is 9.59 Å². The van der Waals surface area contributed by atoms with Crippen LogP contribution in [0.5, 0.6) is 0 Å². The van der Waals surface area contributed by atoms with Crippen molar-refractivity contribution >= 4 is 12.1 Å². The molecule has 0 amide bonds. The lowest BCUT2D eigenvalue weighted by Crippen LogP contribution is -2.47. The van der Waals surface area contributed by atoms with Crippen LogP contribution in [-0.4, -0.2) is 73.6 Å². The van der Waals surface area contributed by atoms with E-state index in [4.69, 9.17) is 4.74 Å². The van der Waals surface area contributed by atoms with E-state index in [2.05, 4.69) is 48.5 Å². The number of aldehydes is 1. The fraction of sp³-hybridized carbons (Fsp3) is 0.778. The topological polar surface area (TPSA) is 70.7 Å². The Balaban J connectivity index is 1.14. The van der Waals surface area contributed by atoms with Crippen LogP contribution in [0.1, 0.15) is 98.3 Å². The number of hydrogen-bond donors (Lipinski definition) is 2. The molecule has 0 aromatic heterocycles. The zero-order chi connectivity index (χ0) is 30.5. The van der Waals surface area contributed by atoms with Gasteiger partial charge in [0, 0.05) is 54.7 Å². The molecule has 1 unspecified atom stereocenters. The molecule has 3 aliphatic carbocycles. The standard InChI is InChI=1S/C36H56FN3O3/c1-5-34-31(24(4)42)19-28(22-41)35(39-34)12-15-38-30-13-16-40(17-14-30)21-27-18-32(25-6-7-25)33(20-36(27)43-23(2)3)26-8-10-29(37)11-9-26/h8,20,22-23,25,27,29-32,34,36,38-39H,5-7,9-19,21H2,1-4H3/t27?,29-,31+,32+,34-,36-/m0/s1. The number of piperidine rings is 1. The third-order valence-corrected chi connectivity index (χ3v) is 10.8. The third-order valence-electron chi connectivity index (χ3n) is 10.8. The van der Waals surface area contributed by atoms with Gasteiger partial charge in [0.25, 0.3) is 0 Å². The predicted octanol–water partition coefficient (Wildman–Crippen LogP) is 6.08. The molecule has 2 N–H and O–H groups in total. The summed E-state index contributed by atoms with van der Waals surface area (Å²) in [5.74, 6) is 1.96. The summed E-state index contributed by atoms with van der Waals surface area (Å²) in [5.41, 5.74) is 4.67. The minimum atomic E-state index is -0.677. The van der Waals surface area contributed by atoms with Crippen molar-refractivity contribution in [2.45, 2.75) is 129 Å². The highest BCUT2D eigenvalue weighted by atomic mass is 19.1. The van der Waals surface area contributed by atoms with Crippen molar-refractivity contribution in [3.63, 3.8) is 0 Å². The molecule has 5 rings (SSSR count). The highest BCUT2D eigenvalue weighted by molar-refractivity contribution is 5.83. The molecule has 5 aliphatic rings. The predicted molar refractivity (Wildman–Crippen MR) is 170 cm³/mol. The van der Waals surface area contributed by atoms with E-state index < -0.39 is 6.17 Å². The quantitative estimate of drug-likeness (QED) is 0.251. The molecular weight excluding hydrogens is 541 g/mol. The van der Waals surface area contributed by atoms with Crippen LogP contribution in [0, 0.1) is 23.7 Å². The molecule has 6 atom stereocenters. The van der Waals surface area contributed by atoms with Gasteiger partial charge in [-0.25, -0.2) is 4.39 Å². The largest absolute Gasteiger partial charge is 0.385 e. The number of halogens is 1. The van der Waals surface area contributed by atoms with E-state index in [0.717, 1.165) is 81.8 Å². The van der Waals surface area contributed by atoms with Gasteiger partial charge in [0.05, 0.1) is 12.2 Å². The van der Waals surface area contributed by atoms with Gasteiger partial charge in [0.2, 0.25) is 0 Å². The maximum absolute atomic E-state index is 13.9. The molecule has 6 nitrogen and oxygen atoms in total. The Morgan fingerprint density at radius 3 is 2.58 bits per heavy atom. The first kappa shape index (κ1) is 32.6. The molecule has 2 aliphatic heterocycles. The van der Waals surface area contributed by atoms with Crippen molar-refractivity contribution < 1.29 is 18.7 Å². The fourth-order valence-corrected chi connectivity index (χ4v) is 8.16. The van der Waals surface area contributed by atoms with Gasteiger partial charge in [0.15, 0.2) is 0 Å². The van der Waals surface area contributed by atoms with E-state index in [1.54, 1.807) is 6.92 Å². The molecule has 2 heterocycles. The normalized spacial score (nSPS) is 32.8. The molecule has 7 heteroatoms. The summed E-state index contributed by atoms with van der Waals surface area (Å²) in [6.45, 7) is 12.1. The molecule has 0 radical (unpaired) electrons. The summed E-state index contributed by atoms with van der Waals surface area (Å²) < 4.78 is 20.5. The number of rotatable bonds is 13. The van der Waals surface area contributed by atoms with Gasteiger partial charge in [-0.2, -0.15) is 0 Å². The van der Waals surface area contributed by atoms with E-state index in [-0.39, 0.29) is 30.0 Å². The number of carbonyl (C=O) groups excluding carboxylic acids is 2. The zero-order valence-electron chi connectivity index (χ0n) is 27.1. The summed E-state index contributed by atoms with van der Waals surface area (Å²) in [7, 11) is 0. The minimum Gasteiger partial charge on any atom is -0.385 e. The van der Waals surface area contributed by atoms with E-state index in [1.807, 2.05) is 0 Å². The second-order valence-corrected chi connectivity index (χ2v) is 14.3. The molecule has 0 aromatic rings. The summed E-state index contributed by atoms with van der Waals surface area (Å²) in [6, 6.07) is 0.611. The number of Topliss-reactive ketones (excluding diaryl/α,β-unsaturated/α-hetero) is 1. The lowest BCUT2D eigenvalue weighted by molar-refractivity contribution is -0.121. The Morgan fingerprint density at radius 2 is 1.98 bits per heavy atom. The molecular formula is C36H56FN3O3. The van der Waals surface area contributed by atoms with Crippen LogP contribution in [0.3, 0.4) is 0 Å². The number of alkyl halides is 1. The number of carbonyl (C=O) groups is 2. The molecule has 0 bridgehead atoms. The summed E-state index contributed by atoms with van der Waals surface area (Å²) in [5, 5.41) is 7.29. The summed E-state index contributed by atoms with van der Waals surface area (Å²) >= 11 is 0. The highest BCUT2D eigenvalue weighted by Crippen LogP contribution is 2.50. The van der Waals surface area contributed by atoms with Crippen LogP contribution < -0.4 is 10.6 Å². The number of ketones is 1. The molecule has 43 heavy (non-hydrogen) atoms. The van der Waals surface area contributed by atoms with Crippen molar-refractivity contribution in [2.24, 2.45) is 23.7 Å². The molecule has 0 aromatic carbocycles. The van der Waals surface area contributed by atoms with Crippen molar-refractivity contribution in [1.29, 1.82) is 0 Å². The maximum atomic E-state index is 13.9. The maximum Gasteiger partial charge on any atom is 0.147 e. The highest BCUT2D eigenvalue weighted by Gasteiger charge is 2.42. The van der Waals surface area contributed by atoms with Crippen LogP contribution in [0.2, 0.25) is 0 Å². The van der Waals surface area contributed by atoms with E-state index in [9.17, 15) is 14.0 Å². The van der Waals surface area contributed by atoms with E-state index in [0.29, 0.717) is 37.1 Å². The SMILES string of the molecule is CC[C@@H]1NC(CCNC2CCN(CC3C[C@H](C4CC4)C(C4=CC[C@H](F)CC4)=C[C@@H]3OC(C)C)CC2)=C(C=O)C[C@@H]1C(C)=O. The number of hydrogen-bond acceptors (Lipinski definition) is 6. The van der Waals surface area contributed by atoms with Crippen LogP contribution in [0.15, 0.2) is 34.6 Å². The van der Waals surface area contributed by atoms with Crippen LogP contribution in [0.4, 0.5) is 4.39 Å². The molecule has 2 fully saturated rings. The van der Waals surface area contributed by atoms with Crippen molar-refractivity contribution in [1.82, 2.24) is 15.5 Å². The molecule has 1 saturated heterocycles. The van der Waals surface area contributed by atoms with E-state index in [1.165, 1.54) is 30.4 Å². The number of ether oxygens (including phenoxy) is 1. The van der Waals surface area contributed by atoms with Crippen LogP contribution >= 0.6 is 0 Å². The van der Waals surface area contributed by atoms with Crippen molar-refractivity contribution in [3.05, 3.63) is 34.6 Å². The average Bonchev–Trinajstić information content (AvgIpc) is 3.84. The zero-order valence-corrected chi connectivity index (χ0v) is 27.1. The monoisotopic (exact) mass is 597 g/mol. The second kappa shape index (κ2) is 15.0. The number of likely N-dealkylation sites (tertiary alicyclic amines) is 1. The Hall–Kier alpha value is -1.83. The average molecular weight is 598 g/mol. The number of allylic oxidation sites excluding steroid dienone is 4. The number of nitrogens with zero attached hydrogens (tertiary/aromatic N) is 1. The van der Waals surface area contributed by atoms with Gasteiger partial charge in [-0.15, -0.1) is 0 Å². The number of nitrogens with one attached hydrogen (secondary N) is 2. The van der Waals surface area contributed by atoms with Crippen molar-refractivity contribution in [3.8, 4) is 0 Å². The molecule has 0 spiro atoms. The Labute approximate surface area is 259 Å². The smallest absolute Gasteiger partial charge is 0.147 e. The Kier molecular flexibility index (Phi) is 11.3. The molecule has 1 saturated carbocycles. The summed E-state index contributed by atoms with van der Waals surface area (Å²) in [6.07, 6.45) is 15.7. The lowest BCUT2D eigenvalue weighted by atomic mass is 9.72. The van der Waals surface area contributed by atoms with Gasteiger partial charge in [-0.05, 0) is 121 Å². The second-order valence-electron chi connectivity index (χ2n) is 14.3. The van der Waals surface area contributed by atoms with Gasteiger partial charge in [0.1, 0.15) is 18.2 Å². The third kappa shape index (κ3) is 8.46. The first-order valence-corrected chi connectivity index (χ1v) is 17.4.